The summed E-state index contributed by atoms with van der Waals surface area (Å²) in [7, 11) is 0. The molecular weight excluding hydrogens is 270 g/mol. The van der Waals surface area contributed by atoms with Crippen LogP contribution in [0, 0.1) is 13.8 Å². The van der Waals surface area contributed by atoms with E-state index >= 15 is 0 Å². The maximum atomic E-state index is 10.1. The molecule has 0 aliphatic carbocycles. The summed E-state index contributed by atoms with van der Waals surface area (Å²) in [5, 5.41) is 10.1. The lowest BCUT2D eigenvalue weighted by molar-refractivity contribution is -0.908. The van der Waals surface area contributed by atoms with Crippen LogP contribution in [0.15, 0.2) is 48.5 Å². The van der Waals surface area contributed by atoms with E-state index < -0.39 is 0 Å². The molecule has 0 saturated carbocycles. The molecule has 2 aromatic rings. The predicted octanol–water partition coefficient (Wildman–Crippen LogP) is 2.88. The molecule has 1 unspecified atom stereocenters. The van der Waals surface area contributed by atoms with Crippen LogP contribution in [0.2, 0.25) is 0 Å². The Balaban J connectivity index is 1.70. The van der Waals surface area contributed by atoms with E-state index in [1.54, 1.807) is 0 Å². The average Bonchev–Trinajstić information content (AvgIpc) is 2.54. The molecule has 2 heteroatoms. The predicted molar refractivity (Wildman–Crippen MR) is 91.0 cm³/mol. The lowest BCUT2D eigenvalue weighted by Crippen LogP contribution is -3.11. The minimum Gasteiger partial charge on any atom is -0.507 e. The number of phenolic OH excluding ortho intramolecular Hbond substituents is 1. The van der Waals surface area contributed by atoms with Gasteiger partial charge in [-0.15, -0.1) is 0 Å². The van der Waals surface area contributed by atoms with Crippen LogP contribution in [0.25, 0.3) is 5.57 Å². The van der Waals surface area contributed by atoms with E-state index in [0.717, 1.165) is 37.2 Å². The van der Waals surface area contributed by atoms with Crippen molar-refractivity contribution in [1.29, 1.82) is 0 Å². The summed E-state index contributed by atoms with van der Waals surface area (Å²) in [5.41, 5.74) is 6.27. The van der Waals surface area contributed by atoms with Gasteiger partial charge in [0.1, 0.15) is 12.3 Å². The van der Waals surface area contributed by atoms with Crippen LogP contribution in [0.1, 0.15) is 28.7 Å². The van der Waals surface area contributed by atoms with E-state index in [2.05, 4.69) is 49.4 Å². The first-order valence-corrected chi connectivity index (χ1v) is 8.00. The van der Waals surface area contributed by atoms with Crippen molar-refractivity contribution in [2.24, 2.45) is 0 Å². The molecule has 22 heavy (non-hydrogen) atoms. The fraction of sp³-hybridized carbons (Fsp3) is 0.300. The molecule has 0 amide bonds. The molecule has 0 aromatic heterocycles. The monoisotopic (exact) mass is 294 g/mol. The summed E-state index contributed by atoms with van der Waals surface area (Å²) in [6.45, 7) is 7.19. The van der Waals surface area contributed by atoms with E-state index in [1.807, 2.05) is 13.0 Å². The van der Waals surface area contributed by atoms with Crippen molar-refractivity contribution in [3.63, 3.8) is 0 Å². The normalized spacial score (nSPS) is 18.1. The Bertz CT molecular complexity index is 688. The van der Waals surface area contributed by atoms with E-state index in [9.17, 15) is 5.11 Å². The molecule has 1 aliphatic rings. The second-order valence-electron chi connectivity index (χ2n) is 6.29. The fourth-order valence-corrected chi connectivity index (χ4v) is 3.13. The lowest BCUT2D eigenvalue weighted by Gasteiger charge is -2.24. The third kappa shape index (κ3) is 3.23. The van der Waals surface area contributed by atoms with Crippen molar-refractivity contribution >= 4 is 5.57 Å². The molecule has 0 spiro atoms. The molecule has 2 nitrogen and oxygen atoms in total. The lowest BCUT2D eigenvalue weighted by atomic mass is 9.99. The van der Waals surface area contributed by atoms with Crippen molar-refractivity contribution in [2.45, 2.75) is 26.8 Å². The number of hydrogen-bond donors (Lipinski definition) is 2. The Labute approximate surface area is 132 Å². The average molecular weight is 294 g/mol. The van der Waals surface area contributed by atoms with Gasteiger partial charge in [0.2, 0.25) is 0 Å². The quantitative estimate of drug-likeness (QED) is 0.894. The molecule has 1 atom stereocenters. The zero-order valence-electron chi connectivity index (χ0n) is 13.4. The number of hydrogen-bond acceptors (Lipinski definition) is 1. The molecule has 0 saturated heterocycles. The Morgan fingerprint density at radius 1 is 1.05 bits per heavy atom. The highest BCUT2D eigenvalue weighted by Crippen LogP contribution is 2.22. The smallest absolute Gasteiger partial charge is 0.124 e. The van der Waals surface area contributed by atoms with Gasteiger partial charge >= 0.3 is 0 Å². The Morgan fingerprint density at radius 3 is 2.45 bits per heavy atom. The summed E-state index contributed by atoms with van der Waals surface area (Å²) in [6, 6.07) is 14.7. The third-order valence-electron chi connectivity index (χ3n) is 4.67. The van der Waals surface area contributed by atoms with Gasteiger partial charge in [0.25, 0.3) is 0 Å². The molecule has 1 aliphatic heterocycles. The molecule has 3 rings (SSSR count). The van der Waals surface area contributed by atoms with Crippen molar-refractivity contribution < 1.29 is 10.0 Å². The van der Waals surface area contributed by atoms with Crippen LogP contribution in [-0.4, -0.2) is 18.2 Å². The second-order valence-corrected chi connectivity index (χ2v) is 6.29. The first-order valence-electron chi connectivity index (χ1n) is 8.00. The third-order valence-corrected chi connectivity index (χ3v) is 4.67. The van der Waals surface area contributed by atoms with Gasteiger partial charge in [-0.1, -0.05) is 30.3 Å². The standard InChI is InChI=1S/C20H23NO/c1-15-12-19(20(22)13-16(15)2)14-21-10-8-18(9-11-21)17-6-4-3-5-7-17/h3-8,12-13,22H,9-11,14H2,1-2H3/p+1. The maximum absolute atomic E-state index is 10.1. The van der Waals surface area contributed by atoms with Crippen LogP contribution >= 0.6 is 0 Å². The number of quaternary nitrogens is 1. The molecule has 2 N–H and O–H groups in total. The fourth-order valence-electron chi connectivity index (χ4n) is 3.13. The van der Waals surface area contributed by atoms with Crippen LogP contribution in [0.4, 0.5) is 0 Å². The van der Waals surface area contributed by atoms with E-state index in [-0.39, 0.29) is 0 Å². The Morgan fingerprint density at radius 2 is 1.77 bits per heavy atom. The summed E-state index contributed by atoms with van der Waals surface area (Å²) in [4.78, 5) is 1.51. The second kappa shape index (κ2) is 6.37. The van der Waals surface area contributed by atoms with Crippen LogP contribution in [0.3, 0.4) is 0 Å². The summed E-state index contributed by atoms with van der Waals surface area (Å²) in [5.74, 6) is 0.438. The minimum atomic E-state index is 0.438. The van der Waals surface area contributed by atoms with Gasteiger partial charge in [0.05, 0.1) is 13.1 Å². The molecule has 114 valence electrons. The number of aromatic hydroxyl groups is 1. The Hall–Kier alpha value is -2.06. The highest BCUT2D eigenvalue weighted by molar-refractivity contribution is 5.65. The van der Waals surface area contributed by atoms with Crippen molar-refractivity contribution in [2.75, 3.05) is 13.1 Å². The molecule has 0 radical (unpaired) electrons. The minimum absolute atomic E-state index is 0.438. The topological polar surface area (TPSA) is 24.7 Å². The molecule has 0 bridgehead atoms. The van der Waals surface area contributed by atoms with Gasteiger partial charge in [-0.3, -0.25) is 0 Å². The zero-order valence-corrected chi connectivity index (χ0v) is 13.4. The molecular formula is C20H24NO+. The first kappa shape index (κ1) is 14.9. The van der Waals surface area contributed by atoms with Crippen molar-refractivity contribution in [3.8, 4) is 5.75 Å². The molecule has 2 aromatic carbocycles. The number of nitrogens with one attached hydrogen (secondary N) is 1. The summed E-state index contributed by atoms with van der Waals surface area (Å²) < 4.78 is 0. The molecule has 0 fully saturated rings. The Kier molecular flexibility index (Phi) is 4.30. The van der Waals surface area contributed by atoms with Crippen molar-refractivity contribution in [3.05, 3.63) is 70.8 Å². The molecule has 1 heterocycles. The first-order chi connectivity index (χ1) is 10.6. The van der Waals surface area contributed by atoms with Crippen LogP contribution in [-0.2, 0) is 6.54 Å². The van der Waals surface area contributed by atoms with E-state index in [0.29, 0.717) is 5.75 Å². The van der Waals surface area contributed by atoms with Crippen molar-refractivity contribution in [1.82, 2.24) is 0 Å². The SMILES string of the molecule is Cc1cc(O)c(C[NH+]2CC=C(c3ccccc3)CC2)cc1C. The number of aryl methyl sites for hydroxylation is 2. The highest BCUT2D eigenvalue weighted by Gasteiger charge is 2.18. The van der Waals surface area contributed by atoms with Gasteiger partial charge < -0.3 is 10.0 Å². The van der Waals surface area contributed by atoms with Gasteiger partial charge in [-0.05, 0) is 54.3 Å². The van der Waals surface area contributed by atoms with E-state index in [1.165, 1.54) is 21.6 Å². The number of phenols is 1. The highest BCUT2D eigenvalue weighted by atomic mass is 16.3. The van der Waals surface area contributed by atoms with Gasteiger partial charge in [0, 0.05) is 12.0 Å². The number of rotatable bonds is 3. The zero-order chi connectivity index (χ0) is 15.5. The van der Waals surface area contributed by atoms with Crippen LogP contribution in [0.5, 0.6) is 5.75 Å². The number of benzene rings is 2. The van der Waals surface area contributed by atoms with Gasteiger partial charge in [-0.2, -0.15) is 0 Å². The van der Waals surface area contributed by atoms with Crippen LogP contribution < -0.4 is 4.90 Å². The maximum Gasteiger partial charge on any atom is 0.124 e. The largest absolute Gasteiger partial charge is 0.507 e. The van der Waals surface area contributed by atoms with E-state index in [4.69, 9.17) is 0 Å². The summed E-state index contributed by atoms with van der Waals surface area (Å²) >= 11 is 0. The summed E-state index contributed by atoms with van der Waals surface area (Å²) in [6.07, 6.45) is 3.46. The van der Waals surface area contributed by atoms with Gasteiger partial charge in [0.15, 0.2) is 0 Å². The van der Waals surface area contributed by atoms with Gasteiger partial charge in [-0.25, -0.2) is 0 Å².